The summed E-state index contributed by atoms with van der Waals surface area (Å²) in [5.41, 5.74) is 6.05. The summed E-state index contributed by atoms with van der Waals surface area (Å²) in [6.45, 7) is 2.61. The zero-order chi connectivity index (χ0) is 11.8. The van der Waals surface area contributed by atoms with E-state index in [9.17, 15) is 4.79 Å². The van der Waals surface area contributed by atoms with E-state index in [4.69, 9.17) is 5.73 Å². The fraction of sp³-hybridized carbons (Fsp3) is 0.667. The number of carbonyl (C=O) groups excluding carboxylic acids is 1. The highest BCUT2D eigenvalue weighted by atomic mass is 32.1. The van der Waals surface area contributed by atoms with E-state index >= 15 is 0 Å². The van der Waals surface area contributed by atoms with Gasteiger partial charge >= 0.3 is 0 Å². The van der Waals surface area contributed by atoms with Crippen LogP contribution in [0, 0.1) is 0 Å². The molecule has 0 amide bonds. The average Bonchev–Trinajstić information content (AvgIpc) is 2.77. The van der Waals surface area contributed by atoms with Crippen LogP contribution in [0.1, 0.15) is 60.9 Å². The number of unbranched alkanes of at least 4 members (excludes halogenated alkanes) is 4. The third-order valence-corrected chi connectivity index (χ3v) is 3.39. The van der Waals surface area contributed by atoms with Crippen molar-refractivity contribution in [1.29, 1.82) is 0 Å². The predicted octanol–water partition coefficient (Wildman–Crippen LogP) is 3.15. The van der Waals surface area contributed by atoms with E-state index in [1.807, 2.05) is 5.38 Å². The molecule has 0 aliphatic rings. The molecule has 0 aliphatic carbocycles. The molecule has 0 aromatic carbocycles. The summed E-state index contributed by atoms with van der Waals surface area (Å²) in [6, 6.07) is 0. The first-order valence-corrected chi connectivity index (χ1v) is 6.83. The van der Waals surface area contributed by atoms with Gasteiger partial charge in [0.15, 0.2) is 5.78 Å². The van der Waals surface area contributed by atoms with Gasteiger partial charge in [0.1, 0.15) is 10.7 Å². The zero-order valence-corrected chi connectivity index (χ0v) is 10.7. The van der Waals surface area contributed by atoms with Crippen molar-refractivity contribution >= 4 is 17.1 Å². The van der Waals surface area contributed by atoms with Gasteiger partial charge < -0.3 is 5.73 Å². The minimum absolute atomic E-state index is 0.160. The molecule has 0 aliphatic heterocycles. The molecule has 16 heavy (non-hydrogen) atoms. The Morgan fingerprint density at radius 2 is 2.12 bits per heavy atom. The fourth-order valence-corrected chi connectivity index (χ4v) is 2.23. The molecular formula is C12H20N2OS. The molecule has 1 aromatic rings. The topological polar surface area (TPSA) is 56.0 Å². The number of ketones is 1. The first-order chi connectivity index (χ1) is 7.77. The summed E-state index contributed by atoms with van der Waals surface area (Å²) >= 11 is 1.47. The molecule has 0 unspecified atom stereocenters. The minimum Gasteiger partial charge on any atom is -0.325 e. The molecule has 0 fully saturated rings. The Hall–Kier alpha value is -0.740. The third kappa shape index (κ3) is 4.41. The molecule has 2 N–H and O–H groups in total. The second kappa shape index (κ2) is 7.52. The number of carbonyl (C=O) groups is 1. The highest BCUT2D eigenvalue weighted by Crippen LogP contribution is 2.13. The maximum atomic E-state index is 11.7. The molecule has 0 spiro atoms. The standard InChI is InChI=1S/C12H20N2OS/c1-2-3-4-5-6-7-11(15)10-9-16-12(8-13)14-10/h9H,2-8,13H2,1H3. The van der Waals surface area contributed by atoms with Crippen molar-refractivity contribution in [2.75, 3.05) is 0 Å². The number of hydrogen-bond donors (Lipinski definition) is 1. The predicted molar refractivity (Wildman–Crippen MR) is 67.7 cm³/mol. The SMILES string of the molecule is CCCCCCCC(=O)c1csc(CN)n1. The van der Waals surface area contributed by atoms with Crippen LogP contribution in [0.4, 0.5) is 0 Å². The molecule has 90 valence electrons. The smallest absolute Gasteiger partial charge is 0.182 e. The number of Topliss-reactive ketones (excluding diaryl/α,β-unsaturated/α-hetero) is 1. The van der Waals surface area contributed by atoms with Crippen molar-refractivity contribution < 1.29 is 4.79 Å². The Labute approximate surface area is 101 Å². The van der Waals surface area contributed by atoms with Crippen molar-refractivity contribution in [1.82, 2.24) is 4.98 Å². The van der Waals surface area contributed by atoms with Gasteiger partial charge in [-0.05, 0) is 6.42 Å². The van der Waals surface area contributed by atoms with Crippen LogP contribution in [0.2, 0.25) is 0 Å². The highest BCUT2D eigenvalue weighted by Gasteiger charge is 2.09. The van der Waals surface area contributed by atoms with Gasteiger partial charge in [-0.15, -0.1) is 11.3 Å². The van der Waals surface area contributed by atoms with E-state index in [0.717, 1.165) is 17.8 Å². The lowest BCUT2D eigenvalue weighted by Gasteiger charge is -1.98. The Morgan fingerprint density at radius 1 is 1.38 bits per heavy atom. The first-order valence-electron chi connectivity index (χ1n) is 5.95. The van der Waals surface area contributed by atoms with Crippen LogP contribution in [0.3, 0.4) is 0 Å². The molecule has 0 saturated carbocycles. The maximum absolute atomic E-state index is 11.7. The highest BCUT2D eigenvalue weighted by molar-refractivity contribution is 7.09. The second-order valence-electron chi connectivity index (χ2n) is 3.92. The van der Waals surface area contributed by atoms with E-state index in [1.165, 1.54) is 30.6 Å². The minimum atomic E-state index is 0.160. The van der Waals surface area contributed by atoms with Gasteiger partial charge in [-0.3, -0.25) is 4.79 Å². The van der Waals surface area contributed by atoms with E-state index in [2.05, 4.69) is 11.9 Å². The molecule has 0 bridgehead atoms. The first kappa shape index (κ1) is 13.3. The van der Waals surface area contributed by atoms with E-state index in [-0.39, 0.29) is 5.78 Å². The Balaban J connectivity index is 2.24. The second-order valence-corrected chi connectivity index (χ2v) is 4.86. The lowest BCUT2D eigenvalue weighted by molar-refractivity contribution is 0.0975. The fourth-order valence-electron chi connectivity index (χ4n) is 1.55. The number of hydrogen-bond acceptors (Lipinski definition) is 4. The zero-order valence-electron chi connectivity index (χ0n) is 9.87. The Morgan fingerprint density at radius 3 is 2.75 bits per heavy atom. The van der Waals surface area contributed by atoms with Crippen LogP contribution in [0.25, 0.3) is 0 Å². The van der Waals surface area contributed by atoms with Gasteiger partial charge in [-0.2, -0.15) is 0 Å². The van der Waals surface area contributed by atoms with Crippen LogP contribution in [0.15, 0.2) is 5.38 Å². The van der Waals surface area contributed by atoms with Gasteiger partial charge in [-0.1, -0.05) is 32.6 Å². The number of nitrogens with zero attached hydrogens (tertiary/aromatic N) is 1. The van der Waals surface area contributed by atoms with Gasteiger partial charge in [0.25, 0.3) is 0 Å². The molecular weight excluding hydrogens is 220 g/mol. The van der Waals surface area contributed by atoms with Gasteiger partial charge in [-0.25, -0.2) is 4.98 Å². The van der Waals surface area contributed by atoms with Crippen LogP contribution in [-0.4, -0.2) is 10.8 Å². The monoisotopic (exact) mass is 240 g/mol. The van der Waals surface area contributed by atoms with Crippen molar-refractivity contribution in [3.63, 3.8) is 0 Å². The molecule has 4 heteroatoms. The molecule has 3 nitrogen and oxygen atoms in total. The normalized spacial score (nSPS) is 10.6. The summed E-state index contributed by atoms with van der Waals surface area (Å²) in [5.74, 6) is 0.160. The summed E-state index contributed by atoms with van der Waals surface area (Å²) in [7, 11) is 0. The van der Waals surface area contributed by atoms with Crippen LogP contribution < -0.4 is 5.73 Å². The number of nitrogens with two attached hydrogens (primary N) is 1. The Kier molecular flexibility index (Phi) is 6.26. The van der Waals surface area contributed by atoms with Crippen molar-refractivity contribution in [3.05, 3.63) is 16.1 Å². The Bertz CT molecular complexity index is 323. The van der Waals surface area contributed by atoms with Gasteiger partial charge in [0.05, 0.1) is 0 Å². The maximum Gasteiger partial charge on any atom is 0.182 e. The third-order valence-electron chi connectivity index (χ3n) is 2.52. The summed E-state index contributed by atoms with van der Waals surface area (Å²) in [5, 5.41) is 2.66. The molecule has 1 aromatic heterocycles. The largest absolute Gasteiger partial charge is 0.325 e. The van der Waals surface area contributed by atoms with E-state index < -0.39 is 0 Å². The quantitative estimate of drug-likeness (QED) is 0.561. The van der Waals surface area contributed by atoms with Crippen molar-refractivity contribution in [3.8, 4) is 0 Å². The average molecular weight is 240 g/mol. The van der Waals surface area contributed by atoms with Crippen LogP contribution >= 0.6 is 11.3 Å². The summed E-state index contributed by atoms with van der Waals surface area (Å²) < 4.78 is 0. The van der Waals surface area contributed by atoms with Crippen LogP contribution in [0.5, 0.6) is 0 Å². The molecule has 0 atom stereocenters. The van der Waals surface area contributed by atoms with Gasteiger partial charge in [0.2, 0.25) is 0 Å². The molecule has 1 heterocycles. The molecule has 0 saturated heterocycles. The summed E-state index contributed by atoms with van der Waals surface area (Å²) in [4.78, 5) is 15.9. The van der Waals surface area contributed by atoms with E-state index in [1.54, 1.807) is 0 Å². The number of aromatic nitrogens is 1. The van der Waals surface area contributed by atoms with Gasteiger partial charge in [0, 0.05) is 18.3 Å². The number of thiazole rings is 1. The van der Waals surface area contributed by atoms with E-state index in [0.29, 0.717) is 18.7 Å². The lowest BCUT2D eigenvalue weighted by atomic mass is 10.1. The molecule has 0 radical (unpaired) electrons. The summed E-state index contributed by atoms with van der Waals surface area (Å²) in [6.07, 6.45) is 6.48. The molecule has 1 rings (SSSR count). The van der Waals surface area contributed by atoms with Crippen molar-refractivity contribution in [2.45, 2.75) is 52.0 Å². The van der Waals surface area contributed by atoms with Crippen LogP contribution in [-0.2, 0) is 6.54 Å². The lowest BCUT2D eigenvalue weighted by Crippen LogP contribution is -2.01. The number of rotatable bonds is 8. The van der Waals surface area contributed by atoms with Crippen molar-refractivity contribution in [2.24, 2.45) is 5.73 Å².